The second kappa shape index (κ2) is 6.35. The van der Waals surface area contributed by atoms with E-state index in [1.54, 1.807) is 20.8 Å². The Balaban J connectivity index is 3.05. The zero-order valence-corrected chi connectivity index (χ0v) is 12.3. The predicted molar refractivity (Wildman–Crippen MR) is 69.7 cm³/mol. The largest absolute Gasteiger partial charge is 0.466 e. The van der Waals surface area contributed by atoms with Gasteiger partial charge in [0.1, 0.15) is 11.7 Å². The molecule has 0 bridgehead atoms. The highest BCUT2D eigenvalue weighted by molar-refractivity contribution is 6.01. The van der Waals surface area contributed by atoms with E-state index in [4.69, 9.17) is 9.47 Å². The molecule has 1 N–H and O–H groups in total. The summed E-state index contributed by atoms with van der Waals surface area (Å²) in [6, 6.07) is 0. The molecule has 20 heavy (non-hydrogen) atoms. The molecule has 6 nitrogen and oxygen atoms in total. The molecule has 0 aromatic rings. The SMILES string of the molecule is CCOC(=O)[C@H]1C(=O)C[C@](C)(O)[C@@H](C(=O)OCC)[C@@H]1C. The minimum Gasteiger partial charge on any atom is -0.466 e. The molecule has 6 heteroatoms. The van der Waals surface area contributed by atoms with Crippen LogP contribution < -0.4 is 0 Å². The van der Waals surface area contributed by atoms with Crippen LogP contribution in [0.15, 0.2) is 0 Å². The quantitative estimate of drug-likeness (QED) is 0.604. The molecule has 0 saturated heterocycles. The Morgan fingerprint density at radius 2 is 1.75 bits per heavy atom. The highest BCUT2D eigenvalue weighted by atomic mass is 16.5. The molecule has 0 aliphatic heterocycles. The zero-order valence-electron chi connectivity index (χ0n) is 12.3. The number of carbonyl (C=O) groups excluding carboxylic acids is 3. The summed E-state index contributed by atoms with van der Waals surface area (Å²) in [7, 11) is 0. The Kier molecular flexibility index (Phi) is 5.28. The van der Waals surface area contributed by atoms with Crippen LogP contribution in [0.2, 0.25) is 0 Å². The van der Waals surface area contributed by atoms with Gasteiger partial charge in [-0.05, 0) is 26.7 Å². The molecule has 0 amide bonds. The summed E-state index contributed by atoms with van der Waals surface area (Å²) in [6.07, 6.45) is -0.260. The molecule has 0 aromatic heterocycles. The van der Waals surface area contributed by atoms with Gasteiger partial charge in [0.15, 0.2) is 0 Å². The maximum absolute atomic E-state index is 12.0. The van der Waals surface area contributed by atoms with Crippen LogP contribution in [-0.4, -0.2) is 41.6 Å². The van der Waals surface area contributed by atoms with Crippen LogP contribution in [0.3, 0.4) is 0 Å². The van der Waals surface area contributed by atoms with Crippen LogP contribution in [0.5, 0.6) is 0 Å². The number of esters is 2. The first kappa shape index (κ1) is 16.6. The number of hydrogen-bond donors (Lipinski definition) is 1. The summed E-state index contributed by atoms with van der Waals surface area (Å²) >= 11 is 0. The minimum atomic E-state index is -1.51. The highest BCUT2D eigenvalue weighted by Gasteiger charge is 2.54. The molecule has 1 fully saturated rings. The van der Waals surface area contributed by atoms with Crippen molar-refractivity contribution >= 4 is 17.7 Å². The van der Waals surface area contributed by atoms with Gasteiger partial charge in [-0.1, -0.05) is 6.92 Å². The molecule has 1 saturated carbocycles. The fourth-order valence-corrected chi connectivity index (χ4v) is 2.90. The smallest absolute Gasteiger partial charge is 0.316 e. The number of carbonyl (C=O) groups is 3. The van der Waals surface area contributed by atoms with Crippen LogP contribution in [0, 0.1) is 17.8 Å². The van der Waals surface area contributed by atoms with E-state index in [9.17, 15) is 19.5 Å². The summed E-state index contributed by atoms with van der Waals surface area (Å²) in [4.78, 5) is 35.9. The van der Waals surface area contributed by atoms with Crippen molar-refractivity contribution in [2.45, 2.75) is 39.7 Å². The molecule has 114 valence electrons. The van der Waals surface area contributed by atoms with Crippen molar-refractivity contribution < 1.29 is 29.0 Å². The van der Waals surface area contributed by atoms with Crippen molar-refractivity contribution in [3.05, 3.63) is 0 Å². The number of aliphatic hydroxyl groups is 1. The monoisotopic (exact) mass is 286 g/mol. The molecule has 0 aromatic carbocycles. The van der Waals surface area contributed by atoms with Gasteiger partial charge in [-0.25, -0.2) is 0 Å². The Hall–Kier alpha value is -1.43. The summed E-state index contributed by atoms with van der Waals surface area (Å²) in [5.41, 5.74) is -1.51. The molecule has 1 aliphatic rings. The van der Waals surface area contributed by atoms with E-state index in [1.165, 1.54) is 6.92 Å². The maximum atomic E-state index is 12.0. The van der Waals surface area contributed by atoms with Gasteiger partial charge in [0.25, 0.3) is 0 Å². The second-order valence-electron chi connectivity index (χ2n) is 5.32. The van der Waals surface area contributed by atoms with Gasteiger partial charge in [0.2, 0.25) is 0 Å². The lowest BCUT2D eigenvalue weighted by atomic mass is 9.64. The van der Waals surface area contributed by atoms with Crippen LogP contribution in [0.25, 0.3) is 0 Å². The first-order valence-electron chi connectivity index (χ1n) is 6.84. The van der Waals surface area contributed by atoms with Gasteiger partial charge in [-0.3, -0.25) is 14.4 Å². The Bertz CT molecular complexity index is 400. The number of ketones is 1. The summed E-state index contributed by atoms with van der Waals surface area (Å²) < 4.78 is 9.83. The number of ether oxygens (including phenoxy) is 2. The van der Waals surface area contributed by atoms with Crippen LogP contribution in [0.4, 0.5) is 0 Å². The maximum Gasteiger partial charge on any atom is 0.316 e. The van der Waals surface area contributed by atoms with Crippen molar-refractivity contribution in [3.8, 4) is 0 Å². The van der Waals surface area contributed by atoms with E-state index in [0.717, 1.165) is 0 Å². The van der Waals surface area contributed by atoms with Gasteiger partial charge in [-0.2, -0.15) is 0 Å². The van der Waals surface area contributed by atoms with Crippen LogP contribution >= 0.6 is 0 Å². The van der Waals surface area contributed by atoms with Crippen molar-refractivity contribution in [3.63, 3.8) is 0 Å². The molecule has 0 heterocycles. The average Bonchev–Trinajstić information content (AvgIpc) is 2.27. The molecule has 1 rings (SSSR count). The van der Waals surface area contributed by atoms with Gasteiger partial charge >= 0.3 is 11.9 Å². The van der Waals surface area contributed by atoms with Crippen LogP contribution in [-0.2, 0) is 23.9 Å². The summed E-state index contributed by atoms with van der Waals surface area (Å²) in [6.45, 7) is 6.66. The lowest BCUT2D eigenvalue weighted by Crippen LogP contribution is -2.55. The standard InChI is InChI=1S/C14H22O6/c1-5-19-12(16)10-8(3)11(13(17)20-6-2)14(4,18)7-9(10)15/h8,10-11,18H,5-7H2,1-4H3/t8-,10-,11-,14+/m1/s1. The average molecular weight is 286 g/mol. The molecular formula is C14H22O6. The van der Waals surface area contributed by atoms with E-state index in [1.807, 2.05) is 0 Å². The molecule has 0 spiro atoms. The molecule has 0 radical (unpaired) electrons. The Morgan fingerprint density at radius 3 is 2.25 bits per heavy atom. The third-order valence-electron chi connectivity index (χ3n) is 3.68. The van der Waals surface area contributed by atoms with Crippen molar-refractivity contribution in [1.29, 1.82) is 0 Å². The van der Waals surface area contributed by atoms with E-state index < -0.39 is 41.1 Å². The van der Waals surface area contributed by atoms with Gasteiger partial charge in [0.05, 0.1) is 24.7 Å². The summed E-state index contributed by atoms with van der Waals surface area (Å²) in [5, 5.41) is 10.3. The van der Waals surface area contributed by atoms with E-state index in [-0.39, 0.29) is 19.6 Å². The molecule has 0 unspecified atom stereocenters. The molecular weight excluding hydrogens is 264 g/mol. The fraction of sp³-hybridized carbons (Fsp3) is 0.786. The minimum absolute atomic E-state index is 0.162. The topological polar surface area (TPSA) is 89.9 Å². The lowest BCUT2D eigenvalue weighted by Gasteiger charge is -2.41. The van der Waals surface area contributed by atoms with Crippen molar-refractivity contribution in [2.75, 3.05) is 13.2 Å². The molecule has 1 aliphatic carbocycles. The lowest BCUT2D eigenvalue weighted by molar-refractivity contribution is -0.176. The highest BCUT2D eigenvalue weighted by Crippen LogP contribution is 2.40. The van der Waals surface area contributed by atoms with Crippen LogP contribution in [0.1, 0.15) is 34.1 Å². The van der Waals surface area contributed by atoms with E-state index in [0.29, 0.717) is 0 Å². The number of Topliss-reactive ketones (excluding diaryl/α,β-unsaturated/α-hetero) is 1. The first-order valence-corrected chi connectivity index (χ1v) is 6.84. The number of rotatable bonds is 4. The van der Waals surface area contributed by atoms with Crippen molar-refractivity contribution in [2.24, 2.45) is 17.8 Å². The predicted octanol–water partition coefficient (Wildman–Crippen LogP) is 0.705. The normalized spacial score (nSPS) is 33.6. The van der Waals surface area contributed by atoms with Gasteiger partial charge in [0, 0.05) is 6.42 Å². The second-order valence-corrected chi connectivity index (χ2v) is 5.32. The summed E-state index contributed by atoms with van der Waals surface area (Å²) in [5.74, 6) is -4.24. The fourth-order valence-electron chi connectivity index (χ4n) is 2.90. The Labute approximate surface area is 118 Å². The van der Waals surface area contributed by atoms with E-state index in [2.05, 4.69) is 0 Å². The zero-order chi connectivity index (χ0) is 15.5. The van der Waals surface area contributed by atoms with Crippen molar-refractivity contribution in [1.82, 2.24) is 0 Å². The Morgan fingerprint density at radius 1 is 1.25 bits per heavy atom. The van der Waals surface area contributed by atoms with E-state index >= 15 is 0 Å². The first-order chi connectivity index (χ1) is 9.26. The third-order valence-corrected chi connectivity index (χ3v) is 3.68. The van der Waals surface area contributed by atoms with Gasteiger partial charge < -0.3 is 14.6 Å². The van der Waals surface area contributed by atoms with Gasteiger partial charge in [-0.15, -0.1) is 0 Å². The third kappa shape index (κ3) is 3.17. The molecule has 4 atom stereocenters. The number of hydrogen-bond acceptors (Lipinski definition) is 6.